The van der Waals surface area contributed by atoms with Gasteiger partial charge in [-0.3, -0.25) is 0 Å². The van der Waals surface area contributed by atoms with Crippen LogP contribution in [0.25, 0.3) is 0 Å². The second-order valence-electron chi connectivity index (χ2n) is 3.30. The number of nitrogens with zero attached hydrogens (tertiary/aromatic N) is 1. The molecule has 0 fully saturated rings. The van der Waals surface area contributed by atoms with Crippen LogP contribution in [0.4, 0.5) is 0 Å². The zero-order chi connectivity index (χ0) is 10.2. The molecule has 0 atom stereocenters. The summed E-state index contributed by atoms with van der Waals surface area (Å²) in [6, 6.07) is 0. The molecular formula is C12H20N2. The van der Waals surface area contributed by atoms with E-state index in [0.29, 0.717) is 0 Å². The first-order valence-corrected chi connectivity index (χ1v) is 5.34. The van der Waals surface area contributed by atoms with Gasteiger partial charge in [0.1, 0.15) is 0 Å². The number of nitrogens with one attached hydrogen (secondary N) is 1. The predicted octanol–water partition coefficient (Wildman–Crippen LogP) is 2.28. The molecule has 0 aromatic heterocycles. The Labute approximate surface area is 87.0 Å². The Bertz CT molecular complexity index is 239. The van der Waals surface area contributed by atoms with Gasteiger partial charge in [0.15, 0.2) is 0 Å². The van der Waals surface area contributed by atoms with Gasteiger partial charge in [-0.15, -0.1) is 0 Å². The lowest BCUT2D eigenvalue weighted by Crippen LogP contribution is -2.27. The minimum Gasteiger partial charge on any atom is -0.352 e. The third-order valence-corrected chi connectivity index (χ3v) is 2.32. The van der Waals surface area contributed by atoms with Crippen LogP contribution in [0.15, 0.2) is 36.2 Å². The second kappa shape index (κ2) is 6.44. The monoisotopic (exact) mass is 192 g/mol. The van der Waals surface area contributed by atoms with E-state index in [9.17, 15) is 0 Å². The summed E-state index contributed by atoms with van der Waals surface area (Å²) in [6.45, 7) is 7.36. The van der Waals surface area contributed by atoms with Gasteiger partial charge in [0, 0.05) is 31.5 Å². The SMILES string of the molecule is C/C=C/C=C/N(CC)C1=CCNCC1. The molecule has 2 nitrogen and oxygen atoms in total. The van der Waals surface area contributed by atoms with Gasteiger partial charge >= 0.3 is 0 Å². The Morgan fingerprint density at radius 2 is 2.36 bits per heavy atom. The highest BCUT2D eigenvalue weighted by molar-refractivity contribution is 5.11. The van der Waals surface area contributed by atoms with Crippen molar-refractivity contribution in [2.45, 2.75) is 20.3 Å². The first-order chi connectivity index (χ1) is 6.88. The van der Waals surface area contributed by atoms with Gasteiger partial charge in [0.25, 0.3) is 0 Å². The summed E-state index contributed by atoms with van der Waals surface area (Å²) in [5.41, 5.74) is 1.44. The molecule has 0 amide bonds. The van der Waals surface area contributed by atoms with Crippen molar-refractivity contribution in [3.8, 4) is 0 Å². The molecule has 0 aliphatic carbocycles. The van der Waals surface area contributed by atoms with Crippen molar-refractivity contribution in [2.24, 2.45) is 0 Å². The number of rotatable bonds is 4. The fourth-order valence-electron chi connectivity index (χ4n) is 1.54. The van der Waals surface area contributed by atoms with E-state index >= 15 is 0 Å². The van der Waals surface area contributed by atoms with E-state index in [1.165, 1.54) is 5.70 Å². The van der Waals surface area contributed by atoms with E-state index in [1.54, 1.807) is 0 Å². The van der Waals surface area contributed by atoms with Gasteiger partial charge in [-0.25, -0.2) is 0 Å². The van der Waals surface area contributed by atoms with Crippen molar-refractivity contribution in [1.82, 2.24) is 10.2 Å². The van der Waals surface area contributed by atoms with E-state index in [2.05, 4.69) is 41.6 Å². The minimum atomic E-state index is 1.00. The van der Waals surface area contributed by atoms with Crippen LogP contribution in [0.3, 0.4) is 0 Å². The summed E-state index contributed by atoms with van der Waals surface area (Å²) in [5.74, 6) is 0. The van der Waals surface area contributed by atoms with E-state index in [1.807, 2.05) is 13.0 Å². The molecule has 78 valence electrons. The molecule has 0 saturated heterocycles. The molecule has 0 aromatic rings. The number of hydrogen-bond acceptors (Lipinski definition) is 2. The predicted molar refractivity (Wildman–Crippen MR) is 61.9 cm³/mol. The van der Waals surface area contributed by atoms with E-state index < -0.39 is 0 Å². The summed E-state index contributed by atoms with van der Waals surface area (Å²) in [6.07, 6.45) is 11.7. The summed E-state index contributed by atoms with van der Waals surface area (Å²) < 4.78 is 0. The molecule has 1 aliphatic rings. The molecular weight excluding hydrogens is 172 g/mol. The standard InChI is InChI=1S/C12H20N2/c1-3-5-6-11-14(4-2)12-7-9-13-10-8-12/h3,5-7,11,13H,4,8-10H2,1-2H3/b5-3+,11-6+. The molecule has 0 saturated carbocycles. The molecule has 0 unspecified atom stereocenters. The highest BCUT2D eigenvalue weighted by Gasteiger charge is 2.06. The maximum absolute atomic E-state index is 3.32. The molecule has 0 bridgehead atoms. The van der Waals surface area contributed by atoms with Crippen LogP contribution < -0.4 is 5.32 Å². The highest BCUT2D eigenvalue weighted by Crippen LogP contribution is 2.11. The number of hydrogen-bond donors (Lipinski definition) is 1. The van der Waals surface area contributed by atoms with Crippen molar-refractivity contribution < 1.29 is 0 Å². The molecule has 2 heteroatoms. The number of allylic oxidation sites excluding steroid dienone is 3. The first kappa shape index (κ1) is 11.1. The summed E-state index contributed by atoms with van der Waals surface area (Å²) in [7, 11) is 0. The van der Waals surface area contributed by atoms with Gasteiger partial charge in [0.2, 0.25) is 0 Å². The van der Waals surface area contributed by atoms with Crippen molar-refractivity contribution in [1.29, 1.82) is 0 Å². The molecule has 1 rings (SSSR count). The lowest BCUT2D eigenvalue weighted by molar-refractivity contribution is 0.451. The molecule has 0 radical (unpaired) electrons. The van der Waals surface area contributed by atoms with Crippen molar-refractivity contribution in [2.75, 3.05) is 19.6 Å². The van der Waals surface area contributed by atoms with Crippen molar-refractivity contribution in [3.05, 3.63) is 36.2 Å². The highest BCUT2D eigenvalue weighted by atomic mass is 15.1. The average molecular weight is 192 g/mol. The van der Waals surface area contributed by atoms with E-state index in [4.69, 9.17) is 0 Å². The van der Waals surface area contributed by atoms with E-state index in [-0.39, 0.29) is 0 Å². The minimum absolute atomic E-state index is 1.00. The average Bonchev–Trinajstić information content (AvgIpc) is 2.26. The van der Waals surface area contributed by atoms with Crippen LogP contribution >= 0.6 is 0 Å². The van der Waals surface area contributed by atoms with Crippen LogP contribution in [0, 0.1) is 0 Å². The van der Waals surface area contributed by atoms with Gasteiger partial charge in [-0.2, -0.15) is 0 Å². The maximum Gasteiger partial charge on any atom is 0.0193 e. The summed E-state index contributed by atoms with van der Waals surface area (Å²) in [4.78, 5) is 2.31. The van der Waals surface area contributed by atoms with Gasteiger partial charge < -0.3 is 10.2 Å². The molecule has 1 heterocycles. The Morgan fingerprint density at radius 1 is 1.50 bits per heavy atom. The largest absolute Gasteiger partial charge is 0.352 e. The van der Waals surface area contributed by atoms with Crippen molar-refractivity contribution in [3.63, 3.8) is 0 Å². The summed E-state index contributed by atoms with van der Waals surface area (Å²) >= 11 is 0. The Morgan fingerprint density at radius 3 is 2.93 bits per heavy atom. The first-order valence-electron chi connectivity index (χ1n) is 5.34. The maximum atomic E-state index is 3.32. The van der Waals surface area contributed by atoms with Crippen LogP contribution in [-0.4, -0.2) is 24.5 Å². The van der Waals surface area contributed by atoms with Gasteiger partial charge in [-0.1, -0.05) is 18.2 Å². The zero-order valence-corrected chi connectivity index (χ0v) is 9.16. The van der Waals surface area contributed by atoms with Crippen molar-refractivity contribution >= 4 is 0 Å². The summed E-state index contributed by atoms with van der Waals surface area (Å²) in [5, 5.41) is 3.32. The van der Waals surface area contributed by atoms with Gasteiger partial charge in [0.05, 0.1) is 0 Å². The Hall–Kier alpha value is -1.02. The van der Waals surface area contributed by atoms with Crippen LogP contribution in [0.2, 0.25) is 0 Å². The Balaban J connectivity index is 2.56. The Kier molecular flexibility index (Phi) is 5.08. The third kappa shape index (κ3) is 3.38. The molecule has 0 aromatic carbocycles. The molecule has 0 spiro atoms. The lowest BCUT2D eigenvalue weighted by Gasteiger charge is -2.25. The van der Waals surface area contributed by atoms with E-state index in [0.717, 1.165) is 26.1 Å². The fraction of sp³-hybridized carbons (Fsp3) is 0.500. The third-order valence-electron chi connectivity index (χ3n) is 2.32. The zero-order valence-electron chi connectivity index (χ0n) is 9.16. The lowest BCUT2D eigenvalue weighted by atomic mass is 10.2. The van der Waals surface area contributed by atoms with Gasteiger partial charge in [-0.05, 0) is 26.3 Å². The van der Waals surface area contributed by atoms with Crippen LogP contribution in [0.1, 0.15) is 20.3 Å². The second-order valence-corrected chi connectivity index (χ2v) is 3.30. The quantitative estimate of drug-likeness (QED) is 0.687. The molecule has 1 aliphatic heterocycles. The smallest absolute Gasteiger partial charge is 0.0193 e. The molecule has 14 heavy (non-hydrogen) atoms. The normalized spacial score (nSPS) is 17.7. The molecule has 1 N–H and O–H groups in total. The fourth-order valence-corrected chi connectivity index (χ4v) is 1.54. The van der Waals surface area contributed by atoms with Crippen LogP contribution in [-0.2, 0) is 0 Å². The van der Waals surface area contributed by atoms with Crippen LogP contribution in [0.5, 0.6) is 0 Å². The topological polar surface area (TPSA) is 15.3 Å².